The quantitative estimate of drug-likeness (QED) is 0.484. The van der Waals surface area contributed by atoms with Crippen molar-refractivity contribution in [3.8, 4) is 0 Å². The normalized spacial score (nSPS) is 14.2. The number of nitrogens with zero attached hydrogens (tertiary/aromatic N) is 1. The number of aryl methyl sites for hydroxylation is 2. The van der Waals surface area contributed by atoms with Gasteiger partial charge in [-0.05, 0) is 43.7 Å². The number of carbonyl (C=O) groups is 2. The molecule has 2 rings (SSSR count). The number of amides is 2. The van der Waals surface area contributed by atoms with Crippen molar-refractivity contribution < 1.29 is 14.7 Å². The summed E-state index contributed by atoms with van der Waals surface area (Å²) in [5, 5.41) is 14.6. The molecule has 1 aliphatic heterocycles. The monoisotopic (exact) mass is 348 g/mol. The zero-order valence-electron chi connectivity index (χ0n) is 14.6. The van der Waals surface area contributed by atoms with Crippen LogP contribution < -0.4 is 16.4 Å². The van der Waals surface area contributed by atoms with E-state index in [0.29, 0.717) is 6.42 Å². The van der Waals surface area contributed by atoms with Crippen LogP contribution in [0.3, 0.4) is 0 Å². The van der Waals surface area contributed by atoms with Crippen LogP contribution >= 0.6 is 0 Å². The summed E-state index contributed by atoms with van der Waals surface area (Å²) in [7, 11) is 0. The van der Waals surface area contributed by atoms with Crippen LogP contribution in [0.5, 0.6) is 0 Å². The van der Waals surface area contributed by atoms with Crippen molar-refractivity contribution in [3.63, 3.8) is 0 Å². The minimum atomic E-state index is -1.04. The number of aliphatic carboxylic acids is 1. The second-order valence-electron chi connectivity index (χ2n) is 6.55. The van der Waals surface area contributed by atoms with Gasteiger partial charge in [0.1, 0.15) is 11.9 Å². The molecule has 0 bridgehead atoms. The van der Waals surface area contributed by atoms with Crippen molar-refractivity contribution >= 4 is 17.8 Å². The van der Waals surface area contributed by atoms with E-state index in [4.69, 9.17) is 10.8 Å². The van der Waals surface area contributed by atoms with Crippen LogP contribution in [0.2, 0.25) is 0 Å². The first-order valence-electron chi connectivity index (χ1n) is 9.07. The van der Waals surface area contributed by atoms with E-state index >= 15 is 0 Å². The Hall–Kier alpha value is -2.31. The lowest BCUT2D eigenvalue weighted by Crippen LogP contribution is -2.43. The minimum absolute atomic E-state index is 0.413. The second kappa shape index (κ2) is 9.86. The Labute approximate surface area is 148 Å². The molecular formula is C18H28N4O3. The average molecular weight is 348 g/mol. The van der Waals surface area contributed by atoms with Gasteiger partial charge in [-0.2, -0.15) is 0 Å². The van der Waals surface area contributed by atoms with E-state index in [0.717, 1.165) is 63.0 Å². The highest BCUT2D eigenvalue weighted by Crippen LogP contribution is 2.20. The number of pyridine rings is 1. The summed E-state index contributed by atoms with van der Waals surface area (Å²) < 4.78 is 0. The molecule has 2 heterocycles. The number of aromatic nitrogens is 1. The second-order valence-corrected chi connectivity index (χ2v) is 6.55. The topological polar surface area (TPSA) is 117 Å². The van der Waals surface area contributed by atoms with Crippen LogP contribution in [0.4, 0.5) is 10.6 Å². The molecule has 1 aromatic heterocycles. The predicted octanol–water partition coefficient (Wildman–Crippen LogP) is 2.44. The van der Waals surface area contributed by atoms with Crippen molar-refractivity contribution in [2.75, 3.05) is 11.9 Å². The molecule has 1 aliphatic rings. The van der Waals surface area contributed by atoms with Crippen LogP contribution in [-0.4, -0.2) is 34.7 Å². The number of urea groups is 1. The summed E-state index contributed by atoms with van der Waals surface area (Å²) >= 11 is 0. The Morgan fingerprint density at radius 1 is 1.24 bits per heavy atom. The number of unbranched alkanes of at least 4 members (excludes halogenated alkanes) is 4. The lowest BCUT2D eigenvalue weighted by molar-refractivity contribution is -0.139. The van der Waals surface area contributed by atoms with E-state index in [9.17, 15) is 9.59 Å². The smallest absolute Gasteiger partial charge is 0.326 e. The molecule has 0 spiro atoms. The minimum Gasteiger partial charge on any atom is -0.480 e. The molecule has 0 aliphatic carbocycles. The lowest BCUT2D eigenvalue weighted by atomic mass is 10.0. The van der Waals surface area contributed by atoms with Crippen molar-refractivity contribution in [1.82, 2.24) is 10.3 Å². The number of nitrogens with one attached hydrogen (secondary N) is 2. The summed E-state index contributed by atoms with van der Waals surface area (Å²) in [4.78, 5) is 26.4. The fraction of sp³-hybridized carbons (Fsp3) is 0.611. The fourth-order valence-corrected chi connectivity index (χ4v) is 3.12. The molecule has 1 unspecified atom stereocenters. The lowest BCUT2D eigenvalue weighted by Gasteiger charge is -2.17. The fourth-order valence-electron chi connectivity index (χ4n) is 3.12. The molecule has 138 valence electrons. The van der Waals surface area contributed by atoms with Gasteiger partial charge in [0.05, 0.1) is 0 Å². The number of primary amides is 1. The number of hydrogen-bond acceptors (Lipinski definition) is 4. The third-order valence-electron chi connectivity index (χ3n) is 4.49. The molecule has 0 radical (unpaired) electrons. The molecule has 1 aromatic rings. The number of carboxylic acids is 1. The molecule has 7 nitrogen and oxygen atoms in total. The number of hydrogen-bond donors (Lipinski definition) is 4. The number of anilines is 1. The summed E-state index contributed by atoms with van der Waals surface area (Å²) in [6, 6.07) is 2.63. The van der Waals surface area contributed by atoms with Gasteiger partial charge in [0.2, 0.25) is 0 Å². The standard InChI is InChI=1S/C18H28N4O3/c19-18(25)22-15(17(23)24)9-5-3-1-2-4-8-14-11-10-13-7-6-12-20-16(13)21-14/h10-11,15H,1-9,12H2,(H,20,21)(H,23,24)(H3,19,22,25). The Kier molecular flexibility index (Phi) is 7.50. The predicted molar refractivity (Wildman–Crippen MR) is 96.6 cm³/mol. The van der Waals surface area contributed by atoms with Gasteiger partial charge in [0, 0.05) is 12.2 Å². The SMILES string of the molecule is NC(=O)NC(CCCCCCCc1ccc2c(n1)NCCC2)C(=O)O. The Balaban J connectivity index is 1.59. The first kappa shape index (κ1) is 19.0. The largest absolute Gasteiger partial charge is 0.480 e. The molecule has 0 saturated heterocycles. The van der Waals surface area contributed by atoms with Gasteiger partial charge >= 0.3 is 12.0 Å². The third kappa shape index (κ3) is 6.60. The van der Waals surface area contributed by atoms with Crippen LogP contribution in [0.15, 0.2) is 12.1 Å². The highest BCUT2D eigenvalue weighted by molar-refractivity contribution is 5.81. The molecule has 2 amide bonds. The number of nitrogens with two attached hydrogens (primary N) is 1. The Morgan fingerprint density at radius 2 is 2.00 bits per heavy atom. The summed E-state index contributed by atoms with van der Waals surface area (Å²) in [6.45, 7) is 1.01. The van der Waals surface area contributed by atoms with E-state index in [1.165, 1.54) is 12.0 Å². The van der Waals surface area contributed by atoms with Crippen LogP contribution in [-0.2, 0) is 17.6 Å². The maximum atomic E-state index is 11.0. The highest BCUT2D eigenvalue weighted by atomic mass is 16.4. The van der Waals surface area contributed by atoms with Gasteiger partial charge in [-0.1, -0.05) is 31.7 Å². The molecule has 25 heavy (non-hydrogen) atoms. The number of carbonyl (C=O) groups excluding carboxylic acids is 1. The molecule has 0 aromatic carbocycles. The van der Waals surface area contributed by atoms with E-state index in [2.05, 4.69) is 27.8 Å². The maximum absolute atomic E-state index is 11.0. The van der Waals surface area contributed by atoms with Crippen molar-refractivity contribution in [3.05, 3.63) is 23.4 Å². The summed E-state index contributed by atoms with van der Waals surface area (Å²) in [5.41, 5.74) is 7.42. The van der Waals surface area contributed by atoms with Gasteiger partial charge in [0.15, 0.2) is 0 Å². The van der Waals surface area contributed by atoms with Gasteiger partial charge in [-0.15, -0.1) is 0 Å². The maximum Gasteiger partial charge on any atom is 0.326 e. The van der Waals surface area contributed by atoms with Gasteiger partial charge in [-0.25, -0.2) is 14.6 Å². The van der Waals surface area contributed by atoms with Gasteiger partial charge < -0.3 is 21.5 Å². The first-order chi connectivity index (χ1) is 12.1. The molecule has 1 atom stereocenters. The van der Waals surface area contributed by atoms with E-state index in [1.54, 1.807) is 0 Å². The summed E-state index contributed by atoms with van der Waals surface area (Å²) in [6.07, 6.45) is 8.59. The van der Waals surface area contributed by atoms with Gasteiger partial charge in [0.25, 0.3) is 0 Å². The summed E-state index contributed by atoms with van der Waals surface area (Å²) in [5.74, 6) is 0.0105. The number of fused-ring (bicyclic) bond motifs is 1. The molecule has 0 fully saturated rings. The van der Waals surface area contributed by atoms with Crippen LogP contribution in [0.25, 0.3) is 0 Å². The number of carboxylic acid groups (broad SMARTS) is 1. The van der Waals surface area contributed by atoms with E-state index < -0.39 is 18.0 Å². The molecule has 0 saturated carbocycles. The van der Waals surface area contributed by atoms with Crippen LogP contribution in [0.1, 0.15) is 56.2 Å². The number of rotatable bonds is 10. The van der Waals surface area contributed by atoms with E-state index in [1.807, 2.05) is 0 Å². The van der Waals surface area contributed by atoms with Crippen molar-refractivity contribution in [1.29, 1.82) is 0 Å². The Bertz CT molecular complexity index is 592. The van der Waals surface area contributed by atoms with Gasteiger partial charge in [-0.3, -0.25) is 0 Å². The van der Waals surface area contributed by atoms with Crippen molar-refractivity contribution in [2.45, 2.75) is 63.8 Å². The zero-order valence-corrected chi connectivity index (χ0v) is 14.6. The van der Waals surface area contributed by atoms with Crippen molar-refractivity contribution in [2.24, 2.45) is 5.73 Å². The van der Waals surface area contributed by atoms with Crippen LogP contribution in [0, 0.1) is 0 Å². The zero-order chi connectivity index (χ0) is 18.1. The average Bonchev–Trinajstić information content (AvgIpc) is 2.59. The van der Waals surface area contributed by atoms with E-state index in [-0.39, 0.29) is 0 Å². The molecular weight excluding hydrogens is 320 g/mol. The molecule has 5 N–H and O–H groups in total. The Morgan fingerprint density at radius 3 is 2.76 bits per heavy atom. The molecule has 7 heteroatoms. The first-order valence-corrected chi connectivity index (χ1v) is 9.07. The highest BCUT2D eigenvalue weighted by Gasteiger charge is 2.17. The third-order valence-corrected chi connectivity index (χ3v) is 4.49.